The maximum Gasteiger partial charge on any atom is 0.335 e. The summed E-state index contributed by atoms with van der Waals surface area (Å²) >= 11 is 4.88. The molecule has 0 aliphatic heterocycles. The summed E-state index contributed by atoms with van der Waals surface area (Å²) in [5.41, 5.74) is 12.3. The average Bonchev–Trinajstić information content (AvgIpc) is 1.77. The first kappa shape index (κ1) is 75.5. The lowest BCUT2D eigenvalue weighted by atomic mass is 10.1. The number of hydrogen-bond acceptors (Lipinski definition) is 18. The second-order valence-electron chi connectivity index (χ2n) is 23.5. The van der Waals surface area contributed by atoms with Crippen molar-refractivity contribution in [2.45, 2.75) is 66.7 Å². The van der Waals surface area contributed by atoms with Crippen molar-refractivity contribution < 1.29 is 43.9 Å². The monoisotopic (exact) mass is 1450 g/mol. The Bertz CT molecular complexity index is 5070. The molecular formula is C84H79N9O9S3. The van der Waals surface area contributed by atoms with Gasteiger partial charge in [-0.3, -0.25) is 0 Å². The zero-order valence-corrected chi connectivity index (χ0v) is 61.8. The predicted octanol–water partition coefficient (Wildman–Crippen LogP) is 20.8. The van der Waals surface area contributed by atoms with Gasteiger partial charge in [-0.05, 0) is 220 Å². The number of rotatable bonds is 27. The van der Waals surface area contributed by atoms with E-state index in [0.29, 0.717) is 29.7 Å². The van der Waals surface area contributed by atoms with Crippen LogP contribution in [0.2, 0.25) is 0 Å². The van der Waals surface area contributed by atoms with Gasteiger partial charge >= 0.3 is 17.9 Å². The second-order valence-corrected chi connectivity index (χ2v) is 26.8. The lowest BCUT2D eigenvalue weighted by Gasteiger charge is -2.15. The van der Waals surface area contributed by atoms with E-state index < -0.39 is 17.9 Å². The van der Waals surface area contributed by atoms with Crippen molar-refractivity contribution >= 4 is 123 Å². The Hall–Kier alpha value is -12.2. The molecule has 0 spiro atoms. The normalized spacial score (nSPS) is 11.0. The molecule has 532 valence electrons. The minimum Gasteiger partial charge on any atom is -0.497 e. The van der Waals surface area contributed by atoms with E-state index in [1.165, 1.54) is 0 Å². The molecule has 0 bridgehead atoms. The fourth-order valence-electron chi connectivity index (χ4n) is 10.9. The van der Waals surface area contributed by atoms with Gasteiger partial charge in [0.15, 0.2) is 17.5 Å². The van der Waals surface area contributed by atoms with Crippen LogP contribution in [-0.4, -0.2) is 84.5 Å². The summed E-state index contributed by atoms with van der Waals surface area (Å²) in [5.74, 6) is 3.82. The number of allylic oxidation sites excluding steroid dienone is 1. The van der Waals surface area contributed by atoms with E-state index in [1.807, 2.05) is 104 Å². The van der Waals surface area contributed by atoms with Crippen molar-refractivity contribution in [3.05, 3.63) is 276 Å². The van der Waals surface area contributed by atoms with Crippen LogP contribution in [0.3, 0.4) is 0 Å². The minimum atomic E-state index is -0.957. The van der Waals surface area contributed by atoms with Crippen molar-refractivity contribution in [2.24, 2.45) is 0 Å². The number of aryl methyl sites for hydroxylation is 3. The Morgan fingerprint density at radius 3 is 0.981 bits per heavy atom. The zero-order chi connectivity index (χ0) is 74.4. The molecule has 0 saturated carbocycles. The summed E-state index contributed by atoms with van der Waals surface area (Å²) in [6, 6.07) is 56.0. The lowest BCUT2D eigenvalue weighted by molar-refractivity contribution is 0.0686. The number of methoxy groups -OCH3 is 3. The smallest absolute Gasteiger partial charge is 0.335 e. The molecular weight excluding hydrogens is 1380 g/mol. The number of aromatic carboxylic acids is 3. The Morgan fingerprint density at radius 1 is 0.381 bits per heavy atom. The average molecular weight is 1450 g/mol. The van der Waals surface area contributed by atoms with Crippen LogP contribution in [0.1, 0.15) is 124 Å². The number of anilines is 6. The van der Waals surface area contributed by atoms with Gasteiger partial charge in [-0.2, -0.15) is 0 Å². The van der Waals surface area contributed by atoms with Gasteiger partial charge in [0.05, 0.1) is 52.7 Å². The van der Waals surface area contributed by atoms with Crippen LogP contribution in [-0.2, 0) is 32.1 Å². The second kappa shape index (κ2) is 36.6. The molecule has 0 aliphatic rings. The van der Waals surface area contributed by atoms with E-state index >= 15 is 0 Å². The van der Waals surface area contributed by atoms with Crippen molar-refractivity contribution in [2.75, 3.05) is 37.3 Å². The number of aromatic nitrogens is 6. The number of carboxylic acid groups (broad SMARTS) is 3. The Balaban J connectivity index is 0.000000169. The molecule has 21 heteroatoms. The van der Waals surface area contributed by atoms with Gasteiger partial charge < -0.3 is 45.5 Å². The molecule has 0 aliphatic carbocycles. The van der Waals surface area contributed by atoms with Gasteiger partial charge in [0.1, 0.15) is 34.7 Å². The number of carbonyl (C=O) groups is 3. The maximum atomic E-state index is 11.2. The van der Waals surface area contributed by atoms with E-state index in [1.54, 1.807) is 128 Å². The third-order valence-corrected chi connectivity index (χ3v) is 19.7. The Labute approximate surface area is 622 Å². The van der Waals surface area contributed by atoms with Gasteiger partial charge in [-0.1, -0.05) is 88.4 Å². The largest absolute Gasteiger partial charge is 0.497 e. The molecule has 0 saturated heterocycles. The molecule has 105 heavy (non-hydrogen) atoms. The topological polar surface area (TPSA) is 253 Å². The third kappa shape index (κ3) is 20.3. The number of benzene rings is 6. The van der Waals surface area contributed by atoms with E-state index in [9.17, 15) is 19.5 Å². The van der Waals surface area contributed by atoms with Crippen molar-refractivity contribution in [1.82, 2.24) is 29.9 Å². The number of hydrogen-bond donors (Lipinski definition) is 6. The van der Waals surface area contributed by atoms with Gasteiger partial charge in [0.2, 0.25) is 0 Å². The van der Waals surface area contributed by atoms with Crippen LogP contribution >= 0.6 is 34.0 Å². The van der Waals surface area contributed by atoms with Gasteiger partial charge in [-0.25, -0.2) is 44.3 Å². The quantitative estimate of drug-likeness (QED) is 0.0262. The van der Waals surface area contributed by atoms with Crippen LogP contribution in [0.25, 0.3) is 68.6 Å². The highest BCUT2D eigenvalue weighted by Gasteiger charge is 2.19. The van der Waals surface area contributed by atoms with E-state index in [4.69, 9.17) is 54.3 Å². The molecule has 6 N–H and O–H groups in total. The highest BCUT2D eigenvalue weighted by molar-refractivity contribution is 7.17. The van der Waals surface area contributed by atoms with Crippen LogP contribution in [0, 0.1) is 6.92 Å². The molecule has 0 fully saturated rings. The van der Waals surface area contributed by atoms with E-state index in [2.05, 4.69) is 105 Å². The van der Waals surface area contributed by atoms with Gasteiger partial charge in [-0.15, -0.1) is 40.6 Å². The maximum absolute atomic E-state index is 11.2. The van der Waals surface area contributed by atoms with E-state index in [0.717, 1.165) is 151 Å². The molecule has 6 aromatic carbocycles. The van der Waals surface area contributed by atoms with Crippen LogP contribution < -0.4 is 30.2 Å². The third-order valence-electron chi connectivity index (χ3n) is 16.5. The highest BCUT2D eigenvalue weighted by Crippen LogP contribution is 2.36. The summed E-state index contributed by atoms with van der Waals surface area (Å²) in [6.07, 6.45) is 18.0. The fourth-order valence-corrected chi connectivity index (χ4v) is 13.4. The molecule has 6 heterocycles. The van der Waals surface area contributed by atoms with Gasteiger partial charge in [0.25, 0.3) is 0 Å². The Kier molecular flexibility index (Phi) is 26.3. The van der Waals surface area contributed by atoms with Crippen LogP contribution in [0.15, 0.2) is 195 Å². The molecule has 12 aromatic rings. The summed E-state index contributed by atoms with van der Waals surface area (Å²) in [7, 11) is 4.97. The number of carboxylic acids is 3. The molecule has 6 aromatic heterocycles. The first-order valence-corrected chi connectivity index (χ1v) is 36.3. The van der Waals surface area contributed by atoms with Gasteiger partial charge in [0, 0.05) is 65.5 Å². The molecule has 0 unspecified atom stereocenters. The number of ether oxygens (including phenoxy) is 3. The Morgan fingerprint density at radius 2 is 0.686 bits per heavy atom. The standard InChI is InChI=1S/C29H27N3O3S.C28H27N3O3S.C27H25N3O3S/c1-4-6-24-25(5-2)31-28(32-27(24)30-21-12-10-20(11-13-21)29(33)34)26-18-17-23(36-26)16-9-19-7-14-22(35-3)15-8-19;1-4-23-24(5-2)30-27(31-26(23)29-20-11-9-19(10-12-20)28(32)33)25-17-16-22(35-25)15-8-18-6-13-21(34-3)14-7-18;1-4-23-17(2)28-26(30-25(23)29-20-10-8-19(9-11-20)27(31)32)24-16-15-22(34-24)14-7-18-5-12-21(33-3)13-6-18/h4,7-18H,1,5-6H2,2-3H3,(H,33,34)(H,30,31,32);6-17H,4-5H2,1-3H3,(H,32,33)(H,29,30,31);5-16H,4H2,1-3H3,(H,31,32)(H,28,29,30)/b16-9+;15-8+;14-7+. The summed E-state index contributed by atoms with van der Waals surface area (Å²) in [4.78, 5) is 68.7. The zero-order valence-electron chi connectivity index (χ0n) is 59.3. The first-order chi connectivity index (χ1) is 51.0. The molecule has 0 atom stereocenters. The minimum absolute atomic E-state index is 0.235. The SMILES string of the molecule is C=CCc1c(CC)nc(-c2ccc(/C=C/c3ccc(OC)cc3)s2)nc1Nc1ccc(C(=O)O)cc1.CCc1c(C)nc(-c2ccc(/C=C/c3ccc(OC)cc3)s2)nc1Nc1ccc(C(=O)O)cc1.CCc1nc(-c2ccc(/C=C/c3ccc(OC)cc3)s2)nc(Nc2ccc(C(=O)O)cc2)c1CC. The number of thiophene rings is 3. The first-order valence-electron chi connectivity index (χ1n) is 33.8. The van der Waals surface area contributed by atoms with Crippen molar-refractivity contribution in [3.8, 4) is 49.4 Å². The fraction of sp³-hybridized carbons (Fsp3) is 0.155. The highest BCUT2D eigenvalue weighted by atomic mass is 32.1. The molecule has 18 nitrogen and oxygen atoms in total. The van der Waals surface area contributed by atoms with Crippen LogP contribution in [0.5, 0.6) is 17.2 Å². The number of nitrogens with one attached hydrogen (secondary N) is 3. The van der Waals surface area contributed by atoms with Crippen LogP contribution in [0.4, 0.5) is 34.5 Å². The molecule has 12 rings (SSSR count). The summed E-state index contributed by atoms with van der Waals surface area (Å²) in [5, 5.41) is 37.5. The summed E-state index contributed by atoms with van der Waals surface area (Å²) < 4.78 is 15.6. The number of nitrogens with zero attached hydrogens (tertiary/aromatic N) is 6. The van der Waals surface area contributed by atoms with Crippen molar-refractivity contribution in [1.29, 1.82) is 0 Å². The van der Waals surface area contributed by atoms with Crippen molar-refractivity contribution in [3.63, 3.8) is 0 Å². The van der Waals surface area contributed by atoms with E-state index in [-0.39, 0.29) is 16.7 Å². The predicted molar refractivity (Wildman–Crippen MR) is 428 cm³/mol. The molecule has 0 amide bonds. The summed E-state index contributed by atoms with van der Waals surface area (Å²) in [6.45, 7) is 14.2. The molecule has 0 radical (unpaired) electrons. The lowest BCUT2D eigenvalue weighted by Crippen LogP contribution is -2.07.